The number of aryl methyl sites for hydroxylation is 1. The van der Waals surface area contributed by atoms with Crippen LogP contribution in [0.1, 0.15) is 45.4 Å². The fourth-order valence-electron chi connectivity index (χ4n) is 2.79. The second kappa shape index (κ2) is 6.73. The van der Waals surface area contributed by atoms with Crippen molar-refractivity contribution in [2.45, 2.75) is 46.0 Å². The van der Waals surface area contributed by atoms with Crippen molar-refractivity contribution in [3.63, 3.8) is 0 Å². The smallest absolute Gasteiger partial charge is 0.134 e. The molecular formula is C15H26N4. The molecule has 2 rings (SSSR count). The molecule has 4 nitrogen and oxygen atoms in total. The fraction of sp³-hybridized carbons (Fsp3) is 0.733. The van der Waals surface area contributed by atoms with Crippen LogP contribution in [-0.4, -0.2) is 30.1 Å². The third-order valence-electron chi connectivity index (χ3n) is 3.97. The van der Waals surface area contributed by atoms with Gasteiger partial charge >= 0.3 is 0 Å². The van der Waals surface area contributed by atoms with Gasteiger partial charge in [0.15, 0.2) is 0 Å². The van der Waals surface area contributed by atoms with Gasteiger partial charge in [-0.05, 0) is 18.8 Å². The summed E-state index contributed by atoms with van der Waals surface area (Å²) in [7, 11) is 1.92. The summed E-state index contributed by atoms with van der Waals surface area (Å²) < 4.78 is 0. The quantitative estimate of drug-likeness (QED) is 0.885. The Morgan fingerprint density at radius 3 is 2.58 bits per heavy atom. The molecule has 19 heavy (non-hydrogen) atoms. The standard InChI is InChI=1S/C15H26N4/c1-4-6-12-7-9-19(10-8-12)15-11-14(16-3)17-13(5-2)18-15/h11-12H,4-10H2,1-3H3,(H,16,17,18). The second-order valence-electron chi connectivity index (χ2n) is 5.35. The highest BCUT2D eigenvalue weighted by molar-refractivity contribution is 5.49. The number of hydrogen-bond donors (Lipinski definition) is 1. The van der Waals surface area contributed by atoms with Crippen molar-refractivity contribution >= 4 is 11.6 Å². The first kappa shape index (κ1) is 14.1. The van der Waals surface area contributed by atoms with Gasteiger partial charge in [-0.25, -0.2) is 9.97 Å². The molecule has 1 N–H and O–H groups in total. The van der Waals surface area contributed by atoms with E-state index in [2.05, 4.69) is 40.1 Å². The van der Waals surface area contributed by atoms with E-state index in [1.54, 1.807) is 0 Å². The van der Waals surface area contributed by atoms with Crippen LogP contribution >= 0.6 is 0 Å². The molecule has 0 aliphatic carbocycles. The Balaban J connectivity index is 2.06. The average Bonchev–Trinajstić information content (AvgIpc) is 2.47. The van der Waals surface area contributed by atoms with Crippen molar-refractivity contribution in [3.8, 4) is 0 Å². The molecule has 4 heteroatoms. The van der Waals surface area contributed by atoms with E-state index in [1.807, 2.05) is 7.05 Å². The highest BCUT2D eigenvalue weighted by atomic mass is 15.2. The average molecular weight is 262 g/mol. The predicted molar refractivity (Wildman–Crippen MR) is 80.8 cm³/mol. The summed E-state index contributed by atoms with van der Waals surface area (Å²) in [5.41, 5.74) is 0. The molecule has 2 heterocycles. The number of rotatable bonds is 5. The zero-order chi connectivity index (χ0) is 13.7. The summed E-state index contributed by atoms with van der Waals surface area (Å²) in [5.74, 6) is 3.86. The van der Waals surface area contributed by atoms with E-state index in [0.29, 0.717) is 0 Å². The highest BCUT2D eigenvalue weighted by Gasteiger charge is 2.20. The maximum atomic E-state index is 4.67. The van der Waals surface area contributed by atoms with Crippen LogP contribution in [0.4, 0.5) is 11.6 Å². The van der Waals surface area contributed by atoms with Crippen LogP contribution in [-0.2, 0) is 6.42 Å². The molecule has 0 atom stereocenters. The van der Waals surface area contributed by atoms with Gasteiger partial charge in [0.25, 0.3) is 0 Å². The van der Waals surface area contributed by atoms with Gasteiger partial charge in [0.2, 0.25) is 0 Å². The Labute approximate surface area is 116 Å². The number of nitrogens with zero attached hydrogens (tertiary/aromatic N) is 3. The molecule has 0 bridgehead atoms. The topological polar surface area (TPSA) is 41.0 Å². The molecule has 0 saturated carbocycles. The van der Waals surface area contributed by atoms with Gasteiger partial charge in [0.1, 0.15) is 17.5 Å². The molecule has 0 spiro atoms. The zero-order valence-electron chi connectivity index (χ0n) is 12.4. The van der Waals surface area contributed by atoms with Gasteiger partial charge in [-0.1, -0.05) is 26.7 Å². The van der Waals surface area contributed by atoms with Gasteiger partial charge in [-0.3, -0.25) is 0 Å². The van der Waals surface area contributed by atoms with Crippen LogP contribution in [0.5, 0.6) is 0 Å². The summed E-state index contributed by atoms with van der Waals surface area (Å²) in [6.07, 6.45) is 6.17. The second-order valence-corrected chi connectivity index (χ2v) is 5.35. The van der Waals surface area contributed by atoms with E-state index in [-0.39, 0.29) is 0 Å². The molecule has 1 aromatic heterocycles. The van der Waals surface area contributed by atoms with Crippen molar-refractivity contribution in [2.24, 2.45) is 5.92 Å². The maximum absolute atomic E-state index is 4.67. The minimum Gasteiger partial charge on any atom is -0.373 e. The number of piperidine rings is 1. The molecule has 1 aliphatic rings. The molecular weight excluding hydrogens is 236 g/mol. The lowest BCUT2D eigenvalue weighted by molar-refractivity contribution is 0.377. The number of anilines is 2. The molecule has 0 aromatic carbocycles. The van der Waals surface area contributed by atoms with E-state index in [4.69, 9.17) is 0 Å². The van der Waals surface area contributed by atoms with Crippen molar-refractivity contribution in [2.75, 3.05) is 30.4 Å². The molecule has 1 fully saturated rings. The Hall–Kier alpha value is -1.32. The molecule has 0 amide bonds. The third-order valence-corrected chi connectivity index (χ3v) is 3.97. The Bertz CT molecular complexity index is 375. The first-order valence-corrected chi connectivity index (χ1v) is 7.57. The Morgan fingerprint density at radius 1 is 1.26 bits per heavy atom. The van der Waals surface area contributed by atoms with Gasteiger partial charge in [-0.15, -0.1) is 0 Å². The normalized spacial score (nSPS) is 16.7. The van der Waals surface area contributed by atoms with E-state index >= 15 is 0 Å². The number of hydrogen-bond acceptors (Lipinski definition) is 4. The molecule has 0 unspecified atom stereocenters. The first-order valence-electron chi connectivity index (χ1n) is 7.57. The van der Waals surface area contributed by atoms with Gasteiger partial charge in [0, 0.05) is 32.6 Å². The van der Waals surface area contributed by atoms with Crippen LogP contribution in [0.25, 0.3) is 0 Å². The summed E-state index contributed by atoms with van der Waals surface area (Å²) >= 11 is 0. The van der Waals surface area contributed by atoms with Gasteiger partial charge in [0.05, 0.1) is 0 Å². The van der Waals surface area contributed by atoms with Crippen molar-refractivity contribution in [3.05, 3.63) is 11.9 Å². The van der Waals surface area contributed by atoms with Crippen LogP contribution in [0.2, 0.25) is 0 Å². The van der Waals surface area contributed by atoms with E-state index < -0.39 is 0 Å². The first-order chi connectivity index (χ1) is 9.26. The molecule has 1 aromatic rings. The third kappa shape index (κ3) is 3.58. The van der Waals surface area contributed by atoms with Gasteiger partial charge < -0.3 is 10.2 Å². The van der Waals surface area contributed by atoms with Crippen LogP contribution < -0.4 is 10.2 Å². The summed E-state index contributed by atoms with van der Waals surface area (Å²) in [6, 6.07) is 2.07. The Morgan fingerprint density at radius 2 is 2.00 bits per heavy atom. The van der Waals surface area contributed by atoms with Crippen molar-refractivity contribution in [1.82, 2.24) is 9.97 Å². The molecule has 1 saturated heterocycles. The lowest BCUT2D eigenvalue weighted by Gasteiger charge is -2.33. The van der Waals surface area contributed by atoms with Crippen LogP contribution in [0.15, 0.2) is 6.07 Å². The summed E-state index contributed by atoms with van der Waals surface area (Å²) in [6.45, 7) is 6.65. The van der Waals surface area contributed by atoms with E-state index in [9.17, 15) is 0 Å². The van der Waals surface area contributed by atoms with Crippen molar-refractivity contribution in [1.29, 1.82) is 0 Å². The van der Waals surface area contributed by atoms with E-state index in [1.165, 1.54) is 25.7 Å². The minimum absolute atomic E-state index is 0.884. The van der Waals surface area contributed by atoms with Crippen LogP contribution in [0, 0.1) is 5.92 Å². The predicted octanol–water partition coefficient (Wildman–Crippen LogP) is 3.10. The lowest BCUT2D eigenvalue weighted by Crippen LogP contribution is -2.34. The zero-order valence-corrected chi connectivity index (χ0v) is 12.4. The SMILES string of the molecule is CCCC1CCN(c2cc(NC)nc(CC)n2)CC1. The maximum Gasteiger partial charge on any atom is 0.134 e. The minimum atomic E-state index is 0.884. The lowest BCUT2D eigenvalue weighted by atomic mass is 9.92. The summed E-state index contributed by atoms with van der Waals surface area (Å²) in [5, 5.41) is 3.13. The van der Waals surface area contributed by atoms with Crippen LogP contribution in [0.3, 0.4) is 0 Å². The van der Waals surface area contributed by atoms with Crippen molar-refractivity contribution < 1.29 is 0 Å². The monoisotopic (exact) mass is 262 g/mol. The fourth-order valence-corrected chi connectivity index (χ4v) is 2.79. The molecule has 0 radical (unpaired) electrons. The highest BCUT2D eigenvalue weighted by Crippen LogP contribution is 2.26. The number of aromatic nitrogens is 2. The summed E-state index contributed by atoms with van der Waals surface area (Å²) in [4.78, 5) is 11.5. The van der Waals surface area contributed by atoms with E-state index in [0.717, 1.165) is 42.9 Å². The largest absolute Gasteiger partial charge is 0.373 e. The Kier molecular flexibility index (Phi) is 5.00. The van der Waals surface area contributed by atoms with Gasteiger partial charge in [-0.2, -0.15) is 0 Å². The molecule has 106 valence electrons. The number of nitrogens with one attached hydrogen (secondary N) is 1. The molecule has 1 aliphatic heterocycles.